The molecule has 0 saturated heterocycles. The van der Waals surface area contributed by atoms with Crippen molar-refractivity contribution in [2.75, 3.05) is 6.61 Å². The summed E-state index contributed by atoms with van der Waals surface area (Å²) in [5.74, 6) is 0.403. The molecule has 0 aliphatic carbocycles. The molecule has 1 heterocycles. The Bertz CT molecular complexity index is 619. The highest BCUT2D eigenvalue weighted by Gasteiger charge is 2.22. The third-order valence-corrected chi connectivity index (χ3v) is 4.89. The van der Waals surface area contributed by atoms with Gasteiger partial charge in [0.1, 0.15) is 18.2 Å². The third-order valence-electron chi connectivity index (χ3n) is 3.60. The number of ether oxygens (including phenoxy) is 1. The van der Waals surface area contributed by atoms with Crippen LogP contribution in [0, 0.1) is 5.82 Å². The van der Waals surface area contributed by atoms with E-state index in [9.17, 15) is 4.39 Å². The van der Waals surface area contributed by atoms with Crippen molar-refractivity contribution < 1.29 is 9.13 Å². The van der Waals surface area contributed by atoms with Crippen LogP contribution >= 0.6 is 11.8 Å². The average molecular weight is 303 g/mol. The van der Waals surface area contributed by atoms with Crippen LogP contribution in [0.4, 0.5) is 4.39 Å². The Morgan fingerprint density at radius 3 is 2.90 bits per heavy atom. The van der Waals surface area contributed by atoms with E-state index >= 15 is 0 Å². The maximum absolute atomic E-state index is 13.3. The molecule has 1 aliphatic heterocycles. The van der Waals surface area contributed by atoms with Crippen molar-refractivity contribution in [2.24, 2.45) is 5.73 Å². The lowest BCUT2D eigenvalue weighted by molar-refractivity contribution is 0.312. The quantitative estimate of drug-likeness (QED) is 0.929. The molecule has 21 heavy (non-hydrogen) atoms. The van der Waals surface area contributed by atoms with Crippen LogP contribution in [0.15, 0.2) is 47.4 Å². The summed E-state index contributed by atoms with van der Waals surface area (Å²) >= 11 is 1.84. The number of fused-ring (bicyclic) bond motifs is 1. The molecule has 2 N–H and O–H groups in total. The highest BCUT2D eigenvalue weighted by atomic mass is 32.2. The predicted octanol–water partition coefficient (Wildman–Crippen LogP) is 3.94. The Balaban J connectivity index is 1.67. The summed E-state index contributed by atoms with van der Waals surface area (Å²) in [5.41, 5.74) is 7.98. The van der Waals surface area contributed by atoms with Crippen LogP contribution < -0.4 is 10.5 Å². The van der Waals surface area contributed by atoms with Gasteiger partial charge in [0.15, 0.2) is 0 Å². The molecular formula is C17H18FNOS. The van der Waals surface area contributed by atoms with E-state index in [1.807, 2.05) is 18.7 Å². The fourth-order valence-corrected chi connectivity index (χ4v) is 3.75. The molecule has 2 atom stereocenters. The van der Waals surface area contributed by atoms with Gasteiger partial charge in [0.25, 0.3) is 0 Å². The normalized spacial score (nSPS) is 18.3. The van der Waals surface area contributed by atoms with Crippen LogP contribution in [-0.4, -0.2) is 11.9 Å². The number of hydrogen-bond donors (Lipinski definition) is 1. The van der Waals surface area contributed by atoms with Crippen LogP contribution in [0.3, 0.4) is 0 Å². The maximum Gasteiger partial charge on any atom is 0.124 e. The second kappa shape index (κ2) is 6.08. The maximum atomic E-state index is 13.3. The fraction of sp³-hybridized carbons (Fsp3) is 0.294. The van der Waals surface area contributed by atoms with Gasteiger partial charge in [0.05, 0.1) is 0 Å². The van der Waals surface area contributed by atoms with E-state index in [1.54, 1.807) is 6.07 Å². The van der Waals surface area contributed by atoms with Crippen LogP contribution in [0.2, 0.25) is 0 Å². The van der Waals surface area contributed by atoms with Crippen molar-refractivity contribution in [2.45, 2.75) is 29.5 Å². The van der Waals surface area contributed by atoms with Crippen molar-refractivity contribution >= 4 is 11.8 Å². The number of nitrogens with two attached hydrogens (primary N) is 1. The van der Waals surface area contributed by atoms with E-state index in [0.29, 0.717) is 17.6 Å². The SMILES string of the molecule is CC(N)c1cc(F)ccc1OCC1Cc2ccccc2S1. The average Bonchev–Trinajstić information content (AvgIpc) is 2.88. The van der Waals surface area contributed by atoms with E-state index in [2.05, 4.69) is 24.3 Å². The topological polar surface area (TPSA) is 35.2 Å². The Hall–Kier alpha value is -1.52. The van der Waals surface area contributed by atoms with Gasteiger partial charge in [0, 0.05) is 21.8 Å². The van der Waals surface area contributed by atoms with E-state index in [-0.39, 0.29) is 11.9 Å². The summed E-state index contributed by atoms with van der Waals surface area (Å²) < 4.78 is 19.2. The zero-order chi connectivity index (χ0) is 14.8. The predicted molar refractivity (Wildman–Crippen MR) is 84.3 cm³/mol. The molecular weight excluding hydrogens is 285 g/mol. The number of thioether (sulfide) groups is 1. The molecule has 2 aromatic rings. The largest absolute Gasteiger partial charge is 0.492 e. The number of rotatable bonds is 4. The molecule has 4 heteroatoms. The molecule has 0 bridgehead atoms. The Kier molecular flexibility index (Phi) is 4.17. The van der Waals surface area contributed by atoms with E-state index in [4.69, 9.17) is 10.5 Å². The van der Waals surface area contributed by atoms with Gasteiger partial charge in [-0.3, -0.25) is 0 Å². The van der Waals surface area contributed by atoms with Crippen LogP contribution in [0.25, 0.3) is 0 Å². The van der Waals surface area contributed by atoms with Crippen molar-refractivity contribution in [3.63, 3.8) is 0 Å². The van der Waals surface area contributed by atoms with Crippen molar-refractivity contribution in [1.82, 2.24) is 0 Å². The van der Waals surface area contributed by atoms with Crippen LogP contribution in [-0.2, 0) is 6.42 Å². The first kappa shape index (κ1) is 14.4. The smallest absolute Gasteiger partial charge is 0.124 e. The van der Waals surface area contributed by atoms with E-state index in [1.165, 1.54) is 22.6 Å². The molecule has 0 aromatic heterocycles. The van der Waals surface area contributed by atoms with Gasteiger partial charge in [-0.2, -0.15) is 0 Å². The van der Waals surface area contributed by atoms with Gasteiger partial charge >= 0.3 is 0 Å². The minimum Gasteiger partial charge on any atom is -0.492 e. The highest BCUT2D eigenvalue weighted by Crippen LogP contribution is 2.37. The summed E-state index contributed by atoms with van der Waals surface area (Å²) in [6.07, 6.45) is 1.01. The highest BCUT2D eigenvalue weighted by molar-refractivity contribution is 8.00. The first-order valence-electron chi connectivity index (χ1n) is 7.06. The molecule has 0 fully saturated rings. The molecule has 110 valence electrons. The molecule has 0 saturated carbocycles. The van der Waals surface area contributed by atoms with Crippen molar-refractivity contribution in [1.29, 1.82) is 0 Å². The van der Waals surface area contributed by atoms with Crippen molar-refractivity contribution in [3.8, 4) is 5.75 Å². The molecule has 2 aromatic carbocycles. The van der Waals surface area contributed by atoms with Crippen LogP contribution in [0.1, 0.15) is 24.1 Å². The molecule has 0 radical (unpaired) electrons. The standard InChI is InChI=1S/C17H18FNOS/c1-11(19)15-9-13(18)6-7-16(15)20-10-14-8-12-4-2-3-5-17(12)21-14/h2-7,9,11,14H,8,10,19H2,1H3. The lowest BCUT2D eigenvalue weighted by atomic mass is 10.1. The van der Waals surface area contributed by atoms with Crippen molar-refractivity contribution in [3.05, 3.63) is 59.4 Å². The second-order valence-electron chi connectivity index (χ2n) is 5.33. The number of hydrogen-bond acceptors (Lipinski definition) is 3. The Morgan fingerprint density at radius 2 is 2.14 bits per heavy atom. The zero-order valence-electron chi connectivity index (χ0n) is 11.9. The molecule has 0 spiro atoms. The summed E-state index contributed by atoms with van der Waals surface area (Å²) in [7, 11) is 0. The van der Waals surface area contributed by atoms with Crippen LogP contribution in [0.5, 0.6) is 5.75 Å². The molecule has 2 nitrogen and oxygen atoms in total. The molecule has 3 rings (SSSR count). The second-order valence-corrected chi connectivity index (χ2v) is 6.68. The van der Waals surface area contributed by atoms with Gasteiger partial charge in [-0.15, -0.1) is 11.8 Å². The zero-order valence-corrected chi connectivity index (χ0v) is 12.7. The first-order chi connectivity index (χ1) is 10.1. The molecule has 0 amide bonds. The fourth-order valence-electron chi connectivity index (χ4n) is 2.54. The molecule has 2 unspecified atom stereocenters. The van der Waals surface area contributed by atoms with Gasteiger partial charge < -0.3 is 10.5 Å². The Morgan fingerprint density at radius 1 is 1.33 bits per heavy atom. The summed E-state index contributed by atoms with van der Waals surface area (Å²) in [6.45, 7) is 2.44. The minimum atomic E-state index is -0.280. The number of halogens is 1. The van der Waals surface area contributed by atoms with E-state index in [0.717, 1.165) is 12.0 Å². The van der Waals surface area contributed by atoms with Gasteiger partial charge in [-0.25, -0.2) is 4.39 Å². The lowest BCUT2D eigenvalue weighted by Gasteiger charge is -2.16. The van der Waals surface area contributed by atoms with E-state index < -0.39 is 0 Å². The summed E-state index contributed by atoms with van der Waals surface area (Å²) in [5, 5.41) is 0.397. The van der Waals surface area contributed by atoms with Gasteiger partial charge in [-0.1, -0.05) is 18.2 Å². The minimum absolute atomic E-state index is 0.246. The monoisotopic (exact) mass is 303 g/mol. The van der Waals surface area contributed by atoms with Gasteiger partial charge in [0.2, 0.25) is 0 Å². The summed E-state index contributed by atoms with van der Waals surface area (Å²) in [6, 6.07) is 12.7. The molecule has 1 aliphatic rings. The summed E-state index contributed by atoms with van der Waals surface area (Å²) in [4.78, 5) is 1.33. The van der Waals surface area contributed by atoms with Gasteiger partial charge in [-0.05, 0) is 43.2 Å². The first-order valence-corrected chi connectivity index (χ1v) is 7.94. The number of benzene rings is 2. The Labute approximate surface area is 128 Å². The lowest BCUT2D eigenvalue weighted by Crippen LogP contribution is -2.16. The third kappa shape index (κ3) is 3.22.